The summed E-state index contributed by atoms with van der Waals surface area (Å²) in [5.41, 5.74) is 0.435. The third-order valence-corrected chi connectivity index (χ3v) is 2.50. The Bertz CT molecular complexity index is 696. The standard InChI is InChI=1S/C14H16N2O3/c1-9-5-6-11-10(7-9)12(17)16(8-15-11)13(18)19-14(2,3)4/h5-8H,1-4H3. The number of fused-ring (bicyclic) bond motifs is 1. The van der Waals surface area contributed by atoms with E-state index in [1.807, 2.05) is 13.0 Å². The molecule has 0 aliphatic rings. The van der Waals surface area contributed by atoms with E-state index in [1.165, 1.54) is 6.33 Å². The first-order valence-electron chi connectivity index (χ1n) is 5.99. The first-order valence-corrected chi connectivity index (χ1v) is 5.99. The van der Waals surface area contributed by atoms with Gasteiger partial charge in [-0.1, -0.05) is 11.6 Å². The molecule has 0 bridgehead atoms. The van der Waals surface area contributed by atoms with Crippen LogP contribution in [0.15, 0.2) is 29.3 Å². The molecule has 5 heteroatoms. The molecular weight excluding hydrogens is 244 g/mol. The van der Waals surface area contributed by atoms with Crippen molar-refractivity contribution in [3.05, 3.63) is 40.4 Å². The Balaban J connectivity index is 2.54. The fourth-order valence-electron chi connectivity index (χ4n) is 1.68. The Labute approximate surface area is 110 Å². The van der Waals surface area contributed by atoms with Crippen LogP contribution in [0.4, 0.5) is 4.79 Å². The zero-order valence-electron chi connectivity index (χ0n) is 11.4. The van der Waals surface area contributed by atoms with E-state index in [1.54, 1.807) is 32.9 Å². The second-order valence-corrected chi connectivity index (χ2v) is 5.42. The molecule has 0 amide bonds. The highest BCUT2D eigenvalue weighted by atomic mass is 16.6. The number of hydrogen-bond donors (Lipinski definition) is 0. The monoisotopic (exact) mass is 260 g/mol. The number of ether oxygens (including phenoxy) is 1. The van der Waals surface area contributed by atoms with E-state index in [4.69, 9.17) is 4.74 Å². The number of hydrogen-bond acceptors (Lipinski definition) is 4. The molecule has 0 saturated heterocycles. The predicted octanol–water partition coefficient (Wildman–Crippen LogP) is 2.49. The molecule has 19 heavy (non-hydrogen) atoms. The Morgan fingerprint density at radius 3 is 2.63 bits per heavy atom. The second kappa shape index (κ2) is 4.50. The third-order valence-electron chi connectivity index (χ3n) is 2.50. The molecule has 0 radical (unpaired) electrons. The largest absolute Gasteiger partial charge is 0.443 e. The summed E-state index contributed by atoms with van der Waals surface area (Å²) in [4.78, 5) is 28.2. The quantitative estimate of drug-likeness (QED) is 0.730. The number of aryl methyl sites for hydroxylation is 1. The van der Waals surface area contributed by atoms with Gasteiger partial charge in [-0.15, -0.1) is 0 Å². The molecule has 2 rings (SSSR count). The van der Waals surface area contributed by atoms with Crippen LogP contribution >= 0.6 is 0 Å². The van der Waals surface area contributed by atoms with Crippen LogP contribution in [-0.2, 0) is 4.74 Å². The van der Waals surface area contributed by atoms with Crippen molar-refractivity contribution >= 4 is 17.0 Å². The summed E-state index contributed by atoms with van der Waals surface area (Å²) in [6.07, 6.45) is 0.488. The summed E-state index contributed by atoms with van der Waals surface area (Å²) in [5.74, 6) is 0. The van der Waals surface area contributed by atoms with Crippen molar-refractivity contribution in [2.24, 2.45) is 0 Å². The Kier molecular flexibility index (Phi) is 3.14. The highest BCUT2D eigenvalue weighted by Gasteiger charge is 2.19. The van der Waals surface area contributed by atoms with Gasteiger partial charge in [0.25, 0.3) is 5.56 Å². The van der Waals surface area contributed by atoms with Gasteiger partial charge in [-0.25, -0.2) is 14.3 Å². The van der Waals surface area contributed by atoms with E-state index >= 15 is 0 Å². The molecule has 0 N–H and O–H groups in total. The summed E-state index contributed by atoms with van der Waals surface area (Å²) >= 11 is 0. The first kappa shape index (κ1) is 13.3. The van der Waals surface area contributed by atoms with Gasteiger partial charge in [0.2, 0.25) is 0 Å². The summed E-state index contributed by atoms with van der Waals surface area (Å²) in [6.45, 7) is 7.11. The minimum Gasteiger partial charge on any atom is -0.443 e. The lowest BCUT2D eigenvalue weighted by molar-refractivity contribution is 0.0530. The van der Waals surface area contributed by atoms with Crippen LogP contribution in [0.25, 0.3) is 10.9 Å². The molecule has 2 aromatic rings. The van der Waals surface area contributed by atoms with Crippen molar-refractivity contribution in [2.75, 3.05) is 0 Å². The Morgan fingerprint density at radius 2 is 2.00 bits per heavy atom. The average Bonchev–Trinajstić information content (AvgIpc) is 2.28. The van der Waals surface area contributed by atoms with Crippen LogP contribution in [-0.4, -0.2) is 21.2 Å². The molecule has 5 nitrogen and oxygen atoms in total. The molecule has 0 unspecified atom stereocenters. The molecule has 0 saturated carbocycles. The topological polar surface area (TPSA) is 61.2 Å². The number of nitrogens with zero attached hydrogens (tertiary/aromatic N) is 2. The van der Waals surface area contributed by atoms with Crippen LogP contribution in [0, 0.1) is 6.92 Å². The molecule has 0 spiro atoms. The van der Waals surface area contributed by atoms with Crippen molar-refractivity contribution in [3.63, 3.8) is 0 Å². The number of carbonyl (C=O) groups is 1. The molecule has 0 fully saturated rings. The van der Waals surface area contributed by atoms with Gasteiger partial charge < -0.3 is 4.74 Å². The predicted molar refractivity (Wildman–Crippen MR) is 72.4 cm³/mol. The number of benzene rings is 1. The maximum atomic E-state index is 12.2. The van der Waals surface area contributed by atoms with Gasteiger partial charge in [-0.3, -0.25) is 4.79 Å². The molecule has 1 heterocycles. The zero-order chi connectivity index (χ0) is 14.2. The van der Waals surface area contributed by atoms with Crippen molar-refractivity contribution in [2.45, 2.75) is 33.3 Å². The summed E-state index contributed by atoms with van der Waals surface area (Å²) in [5, 5.41) is 0.411. The SMILES string of the molecule is Cc1ccc2ncn(C(=O)OC(C)(C)C)c(=O)c2c1. The molecule has 0 atom stereocenters. The van der Waals surface area contributed by atoms with E-state index in [0.717, 1.165) is 10.1 Å². The highest BCUT2D eigenvalue weighted by Crippen LogP contribution is 2.11. The lowest BCUT2D eigenvalue weighted by Crippen LogP contribution is -2.33. The maximum absolute atomic E-state index is 12.2. The van der Waals surface area contributed by atoms with Gasteiger partial charge in [0.1, 0.15) is 11.9 Å². The molecule has 0 aliphatic heterocycles. The van der Waals surface area contributed by atoms with Gasteiger partial charge in [0.15, 0.2) is 0 Å². The normalized spacial score (nSPS) is 11.6. The van der Waals surface area contributed by atoms with Crippen LogP contribution in [0.2, 0.25) is 0 Å². The molecule has 1 aromatic carbocycles. The average molecular weight is 260 g/mol. The van der Waals surface area contributed by atoms with E-state index in [0.29, 0.717) is 10.9 Å². The molecule has 100 valence electrons. The van der Waals surface area contributed by atoms with Crippen molar-refractivity contribution in [1.82, 2.24) is 9.55 Å². The minimum absolute atomic E-state index is 0.411. The van der Waals surface area contributed by atoms with Crippen molar-refractivity contribution < 1.29 is 9.53 Å². The van der Waals surface area contributed by atoms with Crippen LogP contribution in [0.1, 0.15) is 26.3 Å². The molecule has 0 aliphatic carbocycles. The van der Waals surface area contributed by atoms with E-state index in [9.17, 15) is 9.59 Å². The first-order chi connectivity index (χ1) is 8.78. The van der Waals surface area contributed by atoms with Crippen LogP contribution < -0.4 is 5.56 Å². The van der Waals surface area contributed by atoms with Crippen LogP contribution in [0.3, 0.4) is 0 Å². The fourth-order valence-corrected chi connectivity index (χ4v) is 1.68. The number of carbonyl (C=O) groups excluding carboxylic acids is 1. The summed E-state index contributed by atoms with van der Waals surface area (Å²) in [6, 6.07) is 5.34. The molecular formula is C14H16N2O3. The van der Waals surface area contributed by atoms with Crippen molar-refractivity contribution in [3.8, 4) is 0 Å². The van der Waals surface area contributed by atoms with E-state index < -0.39 is 17.3 Å². The van der Waals surface area contributed by atoms with Gasteiger partial charge in [-0.05, 0) is 39.8 Å². The lowest BCUT2D eigenvalue weighted by atomic mass is 10.2. The zero-order valence-corrected chi connectivity index (χ0v) is 11.4. The van der Waals surface area contributed by atoms with Gasteiger partial charge in [0.05, 0.1) is 10.9 Å². The van der Waals surface area contributed by atoms with E-state index in [2.05, 4.69) is 4.98 Å². The van der Waals surface area contributed by atoms with Crippen molar-refractivity contribution in [1.29, 1.82) is 0 Å². The van der Waals surface area contributed by atoms with Gasteiger partial charge in [-0.2, -0.15) is 0 Å². The smallest absolute Gasteiger partial charge is 0.422 e. The second-order valence-electron chi connectivity index (χ2n) is 5.42. The van der Waals surface area contributed by atoms with E-state index in [-0.39, 0.29) is 0 Å². The minimum atomic E-state index is -0.714. The van der Waals surface area contributed by atoms with Gasteiger partial charge >= 0.3 is 6.09 Å². The highest BCUT2D eigenvalue weighted by molar-refractivity contribution is 5.81. The summed E-state index contributed by atoms with van der Waals surface area (Å²) < 4.78 is 6.06. The maximum Gasteiger partial charge on any atom is 0.422 e. The lowest BCUT2D eigenvalue weighted by Gasteiger charge is -2.19. The number of rotatable bonds is 0. The fraction of sp³-hybridized carbons (Fsp3) is 0.357. The summed E-state index contributed by atoms with van der Waals surface area (Å²) in [7, 11) is 0. The van der Waals surface area contributed by atoms with Crippen LogP contribution in [0.5, 0.6) is 0 Å². The molecule has 1 aromatic heterocycles. The Hall–Kier alpha value is -2.17. The Morgan fingerprint density at radius 1 is 1.32 bits per heavy atom. The van der Waals surface area contributed by atoms with Gasteiger partial charge in [0, 0.05) is 0 Å². The number of aromatic nitrogens is 2. The third kappa shape index (κ3) is 2.81.